The highest BCUT2D eigenvalue weighted by atomic mass is 16.5. The van der Waals surface area contributed by atoms with Crippen LogP contribution < -0.4 is 10.2 Å². The first-order valence-electron chi connectivity index (χ1n) is 8.04. The van der Waals surface area contributed by atoms with E-state index in [-0.39, 0.29) is 5.41 Å². The molecule has 2 heterocycles. The zero-order chi connectivity index (χ0) is 15.0. The molecule has 1 spiro atoms. The molecule has 2 radical (unpaired) electrons. The molecule has 2 aliphatic rings. The molecule has 2 aromatic carbocycles. The molecule has 0 bridgehead atoms. The van der Waals surface area contributed by atoms with Crippen molar-refractivity contribution >= 4 is 13.3 Å². The third-order valence-electron chi connectivity index (χ3n) is 5.14. The summed E-state index contributed by atoms with van der Waals surface area (Å²) in [7, 11) is 5.87. The maximum Gasteiger partial charge on any atom is 0.122 e. The standard InChI is InChI=1S/C19H20BNO/c20-16-6-7-17-18(12-16)22-14-19(17)8-10-21(11-9-19)13-15-4-2-1-3-5-15/h1-7,12H,8-11,13-14H2. The molecule has 0 N–H and O–H groups in total. The Morgan fingerprint density at radius 2 is 1.82 bits per heavy atom. The minimum absolute atomic E-state index is 0.205. The number of rotatable bonds is 2. The average molecular weight is 289 g/mol. The van der Waals surface area contributed by atoms with Gasteiger partial charge in [-0.15, -0.1) is 0 Å². The third kappa shape index (κ3) is 2.44. The molecular formula is C19H20BNO. The van der Waals surface area contributed by atoms with Crippen molar-refractivity contribution in [2.24, 2.45) is 0 Å². The first-order valence-corrected chi connectivity index (χ1v) is 8.04. The summed E-state index contributed by atoms with van der Waals surface area (Å²) in [6.45, 7) is 4.11. The zero-order valence-corrected chi connectivity index (χ0v) is 12.8. The lowest BCUT2D eigenvalue weighted by Crippen LogP contribution is -2.43. The van der Waals surface area contributed by atoms with Crippen molar-refractivity contribution in [1.82, 2.24) is 4.90 Å². The second kappa shape index (κ2) is 5.47. The van der Waals surface area contributed by atoms with E-state index in [1.54, 1.807) is 0 Å². The predicted octanol–water partition coefficient (Wildman–Crippen LogP) is 2.41. The summed E-state index contributed by atoms with van der Waals surface area (Å²) < 4.78 is 5.93. The summed E-state index contributed by atoms with van der Waals surface area (Å²) >= 11 is 0. The molecule has 2 aromatic rings. The molecule has 0 aromatic heterocycles. The van der Waals surface area contributed by atoms with Crippen molar-refractivity contribution in [3.8, 4) is 5.75 Å². The van der Waals surface area contributed by atoms with Crippen LogP contribution in [0.4, 0.5) is 0 Å². The van der Waals surface area contributed by atoms with Crippen LogP contribution in [0.15, 0.2) is 48.5 Å². The van der Waals surface area contributed by atoms with Gasteiger partial charge in [-0.25, -0.2) is 0 Å². The number of benzene rings is 2. The molecule has 0 atom stereocenters. The van der Waals surface area contributed by atoms with E-state index in [4.69, 9.17) is 12.6 Å². The lowest BCUT2D eigenvalue weighted by molar-refractivity contribution is 0.130. The van der Waals surface area contributed by atoms with Crippen molar-refractivity contribution in [2.75, 3.05) is 19.7 Å². The molecule has 2 aliphatic heterocycles. The average Bonchev–Trinajstić information content (AvgIpc) is 2.89. The Morgan fingerprint density at radius 3 is 2.59 bits per heavy atom. The highest BCUT2D eigenvalue weighted by Crippen LogP contribution is 2.45. The monoisotopic (exact) mass is 289 g/mol. The summed E-state index contributed by atoms with van der Waals surface area (Å²) in [4.78, 5) is 2.55. The number of likely N-dealkylation sites (tertiary alicyclic amines) is 1. The number of hydrogen-bond donors (Lipinski definition) is 0. The van der Waals surface area contributed by atoms with Crippen LogP contribution in [0.1, 0.15) is 24.0 Å². The summed E-state index contributed by atoms with van der Waals surface area (Å²) in [5.41, 5.74) is 3.75. The maximum atomic E-state index is 5.93. The summed E-state index contributed by atoms with van der Waals surface area (Å²) in [5, 5.41) is 0. The lowest BCUT2D eigenvalue weighted by Gasteiger charge is -2.38. The molecule has 1 saturated heterocycles. The molecule has 0 aliphatic carbocycles. The quantitative estimate of drug-likeness (QED) is 0.787. The molecule has 4 rings (SSSR count). The first-order chi connectivity index (χ1) is 10.8. The largest absolute Gasteiger partial charge is 0.492 e. The van der Waals surface area contributed by atoms with Gasteiger partial charge < -0.3 is 4.74 Å². The van der Waals surface area contributed by atoms with Crippen LogP contribution >= 0.6 is 0 Å². The minimum atomic E-state index is 0.205. The van der Waals surface area contributed by atoms with E-state index in [1.807, 2.05) is 12.1 Å². The van der Waals surface area contributed by atoms with Gasteiger partial charge >= 0.3 is 0 Å². The van der Waals surface area contributed by atoms with Gasteiger partial charge in [-0.1, -0.05) is 47.9 Å². The number of piperidine rings is 1. The molecule has 0 amide bonds. The maximum absolute atomic E-state index is 5.93. The highest BCUT2D eigenvalue weighted by molar-refractivity contribution is 6.32. The molecule has 3 heteroatoms. The number of hydrogen-bond acceptors (Lipinski definition) is 2. The molecule has 0 saturated carbocycles. The highest BCUT2D eigenvalue weighted by Gasteiger charge is 2.42. The van der Waals surface area contributed by atoms with Crippen LogP contribution in [0.3, 0.4) is 0 Å². The normalized spacial score (nSPS) is 19.8. The Morgan fingerprint density at radius 1 is 1.05 bits per heavy atom. The second-order valence-electron chi connectivity index (χ2n) is 6.59. The summed E-state index contributed by atoms with van der Waals surface area (Å²) in [6, 6.07) is 16.9. The molecule has 22 heavy (non-hydrogen) atoms. The Balaban J connectivity index is 1.47. The van der Waals surface area contributed by atoms with Crippen LogP contribution in [0.2, 0.25) is 0 Å². The van der Waals surface area contributed by atoms with E-state index >= 15 is 0 Å². The van der Waals surface area contributed by atoms with Gasteiger partial charge in [0.05, 0.1) is 6.61 Å². The Hall–Kier alpha value is -1.74. The van der Waals surface area contributed by atoms with Gasteiger partial charge in [0.2, 0.25) is 0 Å². The molecular weight excluding hydrogens is 269 g/mol. The van der Waals surface area contributed by atoms with E-state index in [1.165, 1.54) is 11.1 Å². The first kappa shape index (κ1) is 13.9. The molecule has 0 unspecified atom stereocenters. The number of fused-ring (bicyclic) bond motifs is 2. The van der Waals surface area contributed by atoms with Crippen LogP contribution in [0.25, 0.3) is 0 Å². The van der Waals surface area contributed by atoms with Crippen LogP contribution in [-0.4, -0.2) is 32.4 Å². The van der Waals surface area contributed by atoms with Gasteiger partial charge in [-0.3, -0.25) is 4.90 Å². The minimum Gasteiger partial charge on any atom is -0.492 e. The van der Waals surface area contributed by atoms with Crippen molar-refractivity contribution in [3.05, 3.63) is 59.7 Å². The summed E-state index contributed by atoms with van der Waals surface area (Å²) in [6.07, 6.45) is 2.33. The van der Waals surface area contributed by atoms with Crippen LogP contribution in [0.5, 0.6) is 5.75 Å². The van der Waals surface area contributed by atoms with Crippen molar-refractivity contribution < 1.29 is 4.74 Å². The fraction of sp³-hybridized carbons (Fsp3) is 0.368. The smallest absolute Gasteiger partial charge is 0.122 e. The van der Waals surface area contributed by atoms with E-state index in [0.717, 1.165) is 50.3 Å². The van der Waals surface area contributed by atoms with Crippen molar-refractivity contribution in [3.63, 3.8) is 0 Å². The van der Waals surface area contributed by atoms with Gasteiger partial charge in [0.25, 0.3) is 0 Å². The topological polar surface area (TPSA) is 12.5 Å². The van der Waals surface area contributed by atoms with Crippen molar-refractivity contribution in [2.45, 2.75) is 24.8 Å². The third-order valence-corrected chi connectivity index (χ3v) is 5.14. The lowest BCUT2D eigenvalue weighted by atomic mass is 9.74. The Kier molecular flexibility index (Phi) is 3.46. The van der Waals surface area contributed by atoms with E-state index in [9.17, 15) is 0 Å². The molecule has 1 fully saturated rings. The van der Waals surface area contributed by atoms with Gasteiger partial charge in [0, 0.05) is 17.5 Å². The Bertz CT molecular complexity index is 662. The van der Waals surface area contributed by atoms with Gasteiger partial charge in [-0.2, -0.15) is 0 Å². The molecule has 2 nitrogen and oxygen atoms in total. The van der Waals surface area contributed by atoms with Crippen LogP contribution in [-0.2, 0) is 12.0 Å². The van der Waals surface area contributed by atoms with Gasteiger partial charge in [-0.05, 0) is 37.6 Å². The Labute approximate surface area is 133 Å². The fourth-order valence-electron chi connectivity index (χ4n) is 3.78. The van der Waals surface area contributed by atoms with Gasteiger partial charge in [0.15, 0.2) is 0 Å². The van der Waals surface area contributed by atoms with Crippen molar-refractivity contribution in [1.29, 1.82) is 0 Å². The molecule has 110 valence electrons. The zero-order valence-electron chi connectivity index (χ0n) is 12.8. The predicted molar refractivity (Wildman–Crippen MR) is 90.0 cm³/mol. The van der Waals surface area contributed by atoms with E-state index < -0.39 is 0 Å². The summed E-state index contributed by atoms with van der Waals surface area (Å²) in [5.74, 6) is 0.997. The number of ether oxygens (including phenoxy) is 1. The fourth-order valence-corrected chi connectivity index (χ4v) is 3.78. The van der Waals surface area contributed by atoms with Crippen LogP contribution in [0, 0.1) is 0 Å². The van der Waals surface area contributed by atoms with E-state index in [0.29, 0.717) is 0 Å². The van der Waals surface area contributed by atoms with Gasteiger partial charge in [0.1, 0.15) is 13.6 Å². The SMILES string of the molecule is [B]c1ccc2c(c1)OCC21CCN(Cc2ccccc2)CC1. The second-order valence-corrected chi connectivity index (χ2v) is 6.59. The van der Waals surface area contributed by atoms with E-state index in [2.05, 4.69) is 41.3 Å². The number of nitrogens with zero attached hydrogens (tertiary/aromatic N) is 1.